The second-order valence-electron chi connectivity index (χ2n) is 2.88. The van der Waals surface area contributed by atoms with Crippen molar-refractivity contribution in [2.45, 2.75) is 18.3 Å². The standard InChI is InChI=1S/C8H14O7S3.Na/c1-3-14-17(10)8(15-16(9)4-2)6-5-7-18(11,12)13;/h3-4,8H,1-2,5-7H2,(H,11,12,13);/q;+1/p-1. The summed E-state index contributed by atoms with van der Waals surface area (Å²) in [4.78, 5) is 0. The van der Waals surface area contributed by atoms with Crippen LogP contribution in [0.3, 0.4) is 0 Å². The Bertz CT molecular complexity index is 434. The van der Waals surface area contributed by atoms with Crippen molar-refractivity contribution in [3.8, 4) is 0 Å². The molecule has 106 valence electrons. The van der Waals surface area contributed by atoms with Gasteiger partial charge in [0.05, 0.1) is 16.4 Å². The van der Waals surface area contributed by atoms with E-state index in [-0.39, 0.29) is 42.4 Å². The van der Waals surface area contributed by atoms with Gasteiger partial charge >= 0.3 is 29.6 Å². The molecule has 3 atom stereocenters. The average molecular weight is 340 g/mol. The first-order chi connectivity index (χ1) is 8.30. The zero-order chi connectivity index (χ0) is 14.2. The molecule has 0 aliphatic rings. The molecule has 0 aliphatic carbocycles. The van der Waals surface area contributed by atoms with Crippen LogP contribution in [0.1, 0.15) is 12.8 Å². The fraction of sp³-hybridized carbons (Fsp3) is 0.500. The summed E-state index contributed by atoms with van der Waals surface area (Å²) >= 11 is -3.86. The molecule has 0 aliphatic heterocycles. The van der Waals surface area contributed by atoms with Crippen molar-refractivity contribution >= 4 is 32.3 Å². The molecule has 0 fully saturated rings. The Labute approximate surface area is 139 Å². The Morgan fingerprint density at radius 2 is 1.89 bits per heavy atom. The van der Waals surface area contributed by atoms with Crippen molar-refractivity contribution < 1.29 is 59.3 Å². The van der Waals surface area contributed by atoms with Crippen molar-refractivity contribution in [3.63, 3.8) is 0 Å². The van der Waals surface area contributed by atoms with Crippen LogP contribution in [0.4, 0.5) is 0 Å². The van der Waals surface area contributed by atoms with E-state index < -0.39 is 43.5 Å². The zero-order valence-corrected chi connectivity index (χ0v) is 14.8. The zero-order valence-electron chi connectivity index (χ0n) is 10.4. The van der Waals surface area contributed by atoms with E-state index in [2.05, 4.69) is 17.3 Å². The fourth-order valence-electron chi connectivity index (χ4n) is 0.877. The van der Waals surface area contributed by atoms with E-state index in [1.807, 2.05) is 0 Å². The van der Waals surface area contributed by atoms with Crippen LogP contribution in [-0.2, 0) is 40.6 Å². The molecule has 0 saturated carbocycles. The van der Waals surface area contributed by atoms with Crippen molar-refractivity contribution in [2.24, 2.45) is 0 Å². The van der Waals surface area contributed by atoms with E-state index in [0.717, 1.165) is 11.7 Å². The molecular formula is C8H13NaO7S3. The first kappa shape index (κ1) is 21.7. The van der Waals surface area contributed by atoms with E-state index in [1.165, 1.54) is 0 Å². The molecular weight excluding hydrogens is 327 g/mol. The van der Waals surface area contributed by atoms with Gasteiger partial charge in [0.15, 0.2) is 16.5 Å². The summed E-state index contributed by atoms with van der Waals surface area (Å²) in [7, 11) is -4.35. The molecule has 7 nitrogen and oxygen atoms in total. The van der Waals surface area contributed by atoms with E-state index >= 15 is 0 Å². The van der Waals surface area contributed by atoms with E-state index in [4.69, 9.17) is 4.18 Å². The molecule has 0 rings (SSSR count). The summed E-state index contributed by atoms with van der Waals surface area (Å²) in [6.07, 6.45) is 0.756. The third-order valence-corrected chi connectivity index (χ3v) is 4.24. The van der Waals surface area contributed by atoms with Crippen LogP contribution in [0, 0.1) is 0 Å². The van der Waals surface area contributed by atoms with Crippen LogP contribution in [-0.4, -0.2) is 32.6 Å². The predicted molar refractivity (Wildman–Crippen MR) is 66.4 cm³/mol. The molecule has 19 heavy (non-hydrogen) atoms. The SMILES string of the molecule is C=COS(=O)C(CCCS(=O)(=O)[O-])OS(=O)C=C.[Na+]. The van der Waals surface area contributed by atoms with Gasteiger partial charge in [0.1, 0.15) is 0 Å². The van der Waals surface area contributed by atoms with Gasteiger partial charge in [-0.1, -0.05) is 13.2 Å². The minimum atomic E-state index is -4.35. The van der Waals surface area contributed by atoms with Gasteiger partial charge in [-0.2, -0.15) is 0 Å². The third-order valence-electron chi connectivity index (χ3n) is 1.55. The molecule has 0 spiro atoms. The summed E-state index contributed by atoms with van der Waals surface area (Å²) in [5.41, 5.74) is -1.14. The van der Waals surface area contributed by atoms with Gasteiger partial charge < -0.3 is 8.74 Å². The first-order valence-electron chi connectivity index (χ1n) is 4.62. The monoisotopic (exact) mass is 340 g/mol. The topological polar surface area (TPSA) is 110 Å². The van der Waals surface area contributed by atoms with Gasteiger partial charge in [0, 0.05) is 11.2 Å². The Morgan fingerprint density at radius 3 is 2.32 bits per heavy atom. The maximum Gasteiger partial charge on any atom is 1.00 e. The predicted octanol–water partition coefficient (Wildman–Crippen LogP) is -2.71. The Morgan fingerprint density at radius 1 is 1.32 bits per heavy atom. The average Bonchev–Trinajstić information content (AvgIpc) is 2.26. The van der Waals surface area contributed by atoms with E-state index in [9.17, 15) is 21.4 Å². The molecule has 0 heterocycles. The molecule has 0 aromatic carbocycles. The van der Waals surface area contributed by atoms with Gasteiger partial charge in [-0.15, -0.1) is 0 Å². The maximum atomic E-state index is 11.4. The molecule has 0 aromatic heterocycles. The Balaban J connectivity index is 0. The van der Waals surface area contributed by atoms with Crippen LogP contribution < -0.4 is 29.6 Å². The first-order valence-corrected chi connectivity index (χ1v) is 8.48. The van der Waals surface area contributed by atoms with E-state index in [0.29, 0.717) is 0 Å². The molecule has 0 bridgehead atoms. The van der Waals surface area contributed by atoms with Crippen LogP contribution in [0.25, 0.3) is 0 Å². The molecule has 0 aromatic rings. The molecule has 0 radical (unpaired) electrons. The van der Waals surface area contributed by atoms with Crippen LogP contribution in [0.2, 0.25) is 0 Å². The Hall–Kier alpha value is 0.450. The summed E-state index contributed by atoms with van der Waals surface area (Å²) in [6, 6.07) is 0. The van der Waals surface area contributed by atoms with Gasteiger partial charge in [-0.25, -0.2) is 16.8 Å². The van der Waals surface area contributed by atoms with E-state index in [1.54, 1.807) is 0 Å². The Kier molecular flexibility index (Phi) is 12.8. The number of hydrogen-bond acceptors (Lipinski definition) is 7. The quantitative estimate of drug-likeness (QED) is 0.242. The third kappa shape index (κ3) is 11.9. The molecule has 0 amide bonds. The molecule has 11 heteroatoms. The minimum Gasteiger partial charge on any atom is -0.748 e. The maximum absolute atomic E-state index is 11.4. The van der Waals surface area contributed by atoms with Gasteiger partial charge in [0.25, 0.3) is 0 Å². The number of hydrogen-bond donors (Lipinski definition) is 0. The van der Waals surface area contributed by atoms with Crippen LogP contribution >= 0.6 is 0 Å². The van der Waals surface area contributed by atoms with Gasteiger partial charge in [-0.05, 0) is 12.8 Å². The molecule has 3 unspecified atom stereocenters. The largest absolute Gasteiger partial charge is 1.00 e. The summed E-state index contributed by atoms with van der Waals surface area (Å²) < 4.78 is 63.0. The number of rotatable bonds is 10. The smallest absolute Gasteiger partial charge is 0.748 e. The van der Waals surface area contributed by atoms with Crippen molar-refractivity contribution in [2.75, 3.05) is 5.75 Å². The summed E-state index contributed by atoms with van der Waals surface area (Å²) in [5.74, 6) is -0.626. The molecule has 0 saturated heterocycles. The van der Waals surface area contributed by atoms with Crippen molar-refractivity contribution in [3.05, 3.63) is 24.8 Å². The van der Waals surface area contributed by atoms with Gasteiger partial charge in [-0.3, -0.25) is 4.18 Å². The molecule has 0 N–H and O–H groups in total. The fourth-order valence-corrected chi connectivity index (χ4v) is 2.89. The van der Waals surface area contributed by atoms with Crippen LogP contribution in [0.15, 0.2) is 24.8 Å². The normalized spacial score (nSPS) is 15.6. The van der Waals surface area contributed by atoms with Crippen molar-refractivity contribution in [1.29, 1.82) is 0 Å². The van der Waals surface area contributed by atoms with Gasteiger partial charge in [0.2, 0.25) is 11.1 Å². The van der Waals surface area contributed by atoms with Crippen LogP contribution in [0.5, 0.6) is 0 Å². The summed E-state index contributed by atoms with van der Waals surface area (Å²) in [5, 5.41) is 0.975. The second kappa shape index (κ2) is 11.1. The summed E-state index contributed by atoms with van der Waals surface area (Å²) in [6.45, 7) is 6.40. The second-order valence-corrected chi connectivity index (χ2v) is 6.69. The minimum absolute atomic E-state index is 0. The van der Waals surface area contributed by atoms with Crippen molar-refractivity contribution in [1.82, 2.24) is 0 Å².